The van der Waals surface area contributed by atoms with Crippen LogP contribution in [-0.4, -0.2) is 44.3 Å². The molecule has 4 atom stereocenters. The Morgan fingerprint density at radius 3 is 2.71 bits per heavy atom. The quantitative estimate of drug-likeness (QED) is 0.262. The molecule has 3 aromatic carbocycles. The Balaban J connectivity index is 0.00000288. The fourth-order valence-corrected chi connectivity index (χ4v) is 8.13. The fourth-order valence-electron chi connectivity index (χ4n) is 7.78. The van der Waals surface area contributed by atoms with Crippen molar-refractivity contribution in [1.82, 2.24) is 14.7 Å². The van der Waals surface area contributed by atoms with Crippen LogP contribution in [0.2, 0.25) is 10.0 Å². The van der Waals surface area contributed by atoms with Crippen molar-refractivity contribution < 1.29 is 19.1 Å². The summed E-state index contributed by atoms with van der Waals surface area (Å²) in [5.41, 5.74) is 2.91. The molecule has 216 valence electrons. The summed E-state index contributed by atoms with van der Waals surface area (Å²) in [6.45, 7) is 2.46. The van der Waals surface area contributed by atoms with Gasteiger partial charge in [0.05, 0.1) is 22.1 Å². The number of likely N-dealkylation sites (tertiary alicyclic amines) is 1. The van der Waals surface area contributed by atoms with E-state index < -0.39 is 29.3 Å². The van der Waals surface area contributed by atoms with Gasteiger partial charge < -0.3 is 10.4 Å². The summed E-state index contributed by atoms with van der Waals surface area (Å²) >= 11 is 12.7. The number of rotatable bonds is 4. The third-order valence-electron chi connectivity index (χ3n) is 9.64. The zero-order valence-corrected chi connectivity index (χ0v) is 23.5. The molecule has 4 aromatic rings. The zero-order chi connectivity index (χ0) is 28.4. The summed E-state index contributed by atoms with van der Waals surface area (Å²) < 4.78 is 18.0. The largest absolute Gasteiger partial charge is 0.478 e. The van der Waals surface area contributed by atoms with Crippen LogP contribution in [0.3, 0.4) is 0 Å². The first-order valence-electron chi connectivity index (χ1n) is 13.8. The molecular formula is C32H29Cl2FN4O3. The number of hydrogen-bond donors (Lipinski definition) is 2. The Morgan fingerprint density at radius 1 is 1.19 bits per heavy atom. The van der Waals surface area contributed by atoms with Gasteiger partial charge in [-0.2, -0.15) is 5.10 Å². The number of carboxylic acids is 1. The van der Waals surface area contributed by atoms with E-state index in [1.165, 1.54) is 6.07 Å². The van der Waals surface area contributed by atoms with E-state index in [1.807, 2.05) is 16.8 Å². The van der Waals surface area contributed by atoms with E-state index >= 15 is 4.39 Å². The first-order valence-corrected chi connectivity index (χ1v) is 14.5. The Morgan fingerprint density at radius 2 is 1.98 bits per heavy atom. The Labute approximate surface area is 252 Å². The lowest BCUT2D eigenvalue weighted by atomic mass is 9.73. The van der Waals surface area contributed by atoms with Crippen LogP contribution in [0.4, 0.5) is 10.1 Å². The van der Waals surface area contributed by atoms with Gasteiger partial charge in [0.1, 0.15) is 11.4 Å². The second-order valence-corrected chi connectivity index (χ2v) is 12.6. The summed E-state index contributed by atoms with van der Waals surface area (Å²) in [6.07, 6.45) is 2.76. The molecule has 0 radical (unpaired) electrons. The molecule has 4 aliphatic rings. The molecule has 1 aliphatic carbocycles. The van der Waals surface area contributed by atoms with Crippen molar-refractivity contribution in [3.05, 3.63) is 92.3 Å². The van der Waals surface area contributed by atoms with Gasteiger partial charge in [0, 0.05) is 52.3 Å². The number of carboxylic acid groups (broad SMARTS) is 1. The van der Waals surface area contributed by atoms with Crippen LogP contribution in [0.1, 0.15) is 65.0 Å². The number of halogens is 3. The van der Waals surface area contributed by atoms with E-state index in [0.29, 0.717) is 46.2 Å². The second kappa shape index (κ2) is 9.27. The van der Waals surface area contributed by atoms with Crippen LogP contribution in [-0.2, 0) is 16.8 Å². The lowest BCUT2D eigenvalue weighted by molar-refractivity contribution is -0.128. The van der Waals surface area contributed by atoms with Crippen LogP contribution in [0, 0.1) is 18.7 Å². The average Bonchev–Trinajstić information content (AvgIpc) is 3.36. The Bertz CT molecular complexity index is 1840. The van der Waals surface area contributed by atoms with E-state index in [-0.39, 0.29) is 30.0 Å². The Kier molecular flexibility index (Phi) is 6.04. The summed E-state index contributed by atoms with van der Waals surface area (Å²) in [5.74, 6) is -1.98. The molecule has 10 heteroatoms. The van der Waals surface area contributed by atoms with E-state index in [1.54, 1.807) is 37.3 Å². The van der Waals surface area contributed by atoms with E-state index in [9.17, 15) is 14.7 Å². The molecule has 1 saturated carbocycles. The third kappa shape index (κ3) is 3.46. The molecule has 0 bridgehead atoms. The lowest BCUT2D eigenvalue weighted by Crippen LogP contribution is -2.53. The monoisotopic (exact) mass is 606 g/mol. The first-order chi connectivity index (χ1) is 19.7. The normalized spacial score (nSPS) is 25.8. The number of carbonyl (C=O) groups is 2. The topological polar surface area (TPSA) is 87.5 Å². The van der Waals surface area contributed by atoms with Gasteiger partial charge in [-0.25, -0.2) is 9.18 Å². The number of amides is 1. The van der Waals surface area contributed by atoms with Crippen LogP contribution in [0.25, 0.3) is 10.9 Å². The minimum absolute atomic E-state index is 0. The number of nitrogens with zero attached hydrogens (tertiary/aromatic N) is 3. The molecule has 4 heterocycles. The van der Waals surface area contributed by atoms with E-state index in [4.69, 9.17) is 28.3 Å². The summed E-state index contributed by atoms with van der Waals surface area (Å²) in [5, 5.41) is 19.2. The molecule has 8 rings (SSSR count). The molecule has 7 nitrogen and oxygen atoms in total. The molecule has 1 aromatic heterocycles. The standard InChI is InChI=1S/C31H25Cl2FN4O3.CH4/c1-14-17(29(39)40)8-9-18-23-12-24-28(38(23)36-27(14)18)25(19-3-2-4-21(33)26(19)34)31(37(24)13-15-5-6-15)20-10-7-16(32)11-22(20)35-30(31)41;/h2-4,7-11,15,24-25,28H,5-6,12-13H2,1H3,(H,35,41)(H,39,40);1H4/t24-,25-,28+,31+;/m0./s1. The second-order valence-electron chi connectivity index (χ2n) is 11.7. The van der Waals surface area contributed by atoms with Gasteiger partial charge in [-0.15, -0.1) is 0 Å². The number of aromatic nitrogens is 2. The van der Waals surface area contributed by atoms with Gasteiger partial charge in [-0.1, -0.05) is 54.9 Å². The molecule has 1 spiro atoms. The number of aryl methyl sites for hydroxylation is 1. The van der Waals surface area contributed by atoms with Crippen molar-refractivity contribution in [1.29, 1.82) is 0 Å². The van der Waals surface area contributed by atoms with Gasteiger partial charge in [0.2, 0.25) is 5.91 Å². The lowest BCUT2D eigenvalue weighted by Gasteiger charge is -2.40. The van der Waals surface area contributed by atoms with E-state index in [0.717, 1.165) is 29.5 Å². The Hall–Kier alpha value is -3.46. The predicted octanol–water partition coefficient (Wildman–Crippen LogP) is 6.95. The van der Waals surface area contributed by atoms with Crippen LogP contribution < -0.4 is 5.32 Å². The van der Waals surface area contributed by atoms with Crippen LogP contribution in [0.5, 0.6) is 0 Å². The SMILES string of the molecule is C.Cc1c(C(=O)O)ccc2c3n(nc12)[C@@H]1[C@H](C3)N(CC2CC2)[C@@]2(C(=O)Nc3cc(Cl)ccc32)[C@H]1c1cccc(Cl)c1F. The number of hydrogen-bond acceptors (Lipinski definition) is 4. The summed E-state index contributed by atoms with van der Waals surface area (Å²) in [7, 11) is 0. The van der Waals surface area contributed by atoms with Gasteiger partial charge in [0.15, 0.2) is 0 Å². The zero-order valence-electron chi connectivity index (χ0n) is 22.0. The van der Waals surface area contributed by atoms with E-state index in [2.05, 4.69) is 10.2 Å². The highest BCUT2D eigenvalue weighted by Gasteiger charge is 2.69. The minimum atomic E-state index is -1.21. The molecule has 0 unspecified atom stereocenters. The number of fused-ring (bicyclic) bond motifs is 7. The van der Waals surface area contributed by atoms with Crippen LogP contribution in [0.15, 0.2) is 48.5 Å². The number of anilines is 1. The number of carbonyl (C=O) groups excluding carboxylic acids is 1. The van der Waals surface area contributed by atoms with Crippen molar-refractivity contribution in [2.45, 2.75) is 57.2 Å². The number of aromatic carboxylic acids is 1. The maximum atomic E-state index is 16.1. The molecule has 3 aliphatic heterocycles. The van der Waals surface area contributed by atoms with Gasteiger partial charge in [-0.3, -0.25) is 14.4 Å². The highest BCUT2D eigenvalue weighted by Crippen LogP contribution is 2.64. The summed E-state index contributed by atoms with van der Waals surface area (Å²) in [6, 6.07) is 13.3. The third-order valence-corrected chi connectivity index (χ3v) is 10.2. The molecule has 42 heavy (non-hydrogen) atoms. The maximum absolute atomic E-state index is 16.1. The fraction of sp³-hybridized carbons (Fsp3) is 0.344. The number of benzene rings is 3. The van der Waals surface area contributed by atoms with Crippen molar-refractivity contribution in [3.8, 4) is 0 Å². The predicted molar refractivity (Wildman–Crippen MR) is 160 cm³/mol. The van der Waals surface area contributed by atoms with Gasteiger partial charge >= 0.3 is 5.97 Å². The molecule has 1 saturated heterocycles. The molecule has 1 amide bonds. The molecular weight excluding hydrogens is 578 g/mol. The average molecular weight is 608 g/mol. The smallest absolute Gasteiger partial charge is 0.336 e. The maximum Gasteiger partial charge on any atom is 0.336 e. The minimum Gasteiger partial charge on any atom is -0.478 e. The van der Waals surface area contributed by atoms with Crippen molar-refractivity contribution in [2.24, 2.45) is 5.92 Å². The van der Waals surface area contributed by atoms with Gasteiger partial charge in [-0.05, 0) is 61.1 Å². The molecule has 2 fully saturated rings. The van der Waals surface area contributed by atoms with Crippen LogP contribution >= 0.6 is 23.2 Å². The molecule has 2 N–H and O–H groups in total. The first kappa shape index (κ1) is 27.4. The number of nitrogens with one attached hydrogen (secondary N) is 1. The highest BCUT2D eigenvalue weighted by molar-refractivity contribution is 6.31. The summed E-state index contributed by atoms with van der Waals surface area (Å²) in [4.78, 5) is 28.6. The van der Waals surface area contributed by atoms with Crippen molar-refractivity contribution in [2.75, 3.05) is 11.9 Å². The highest BCUT2D eigenvalue weighted by atomic mass is 35.5. The van der Waals surface area contributed by atoms with Crippen molar-refractivity contribution >= 4 is 51.7 Å². The van der Waals surface area contributed by atoms with Crippen molar-refractivity contribution in [3.63, 3.8) is 0 Å². The van der Waals surface area contributed by atoms with Gasteiger partial charge in [0.25, 0.3) is 0 Å².